The number of aromatic nitrogens is 1. The van der Waals surface area contributed by atoms with Crippen LogP contribution in [-0.4, -0.2) is 33.5 Å². The summed E-state index contributed by atoms with van der Waals surface area (Å²) in [5, 5.41) is 12.5. The van der Waals surface area contributed by atoms with Crippen molar-refractivity contribution in [3.05, 3.63) is 94.6 Å². The number of hydrogen-bond acceptors (Lipinski definition) is 5. The standard InChI is InChI=1S/C29H28F4N2O4/c1-27(2,38)22-16-23(30)20(15-25(22)39-17-18-6-4-3-5-7-18)14-21(36)12-19-8-11-34-24(13-19)26(37)35-28(9-10-28)29(31,32)33/h3-8,11,13,15-16,38H,9-10,12,14,17H2,1-2H3,(H,35,37). The average molecular weight is 545 g/mol. The summed E-state index contributed by atoms with van der Waals surface area (Å²) in [6.07, 6.45) is -4.23. The van der Waals surface area contributed by atoms with Crippen LogP contribution < -0.4 is 10.1 Å². The number of aliphatic hydroxyl groups is 1. The molecular formula is C29H28F4N2O4. The minimum Gasteiger partial charge on any atom is -0.488 e. The third kappa shape index (κ3) is 6.81. The van der Waals surface area contributed by atoms with Gasteiger partial charge in [0.05, 0.1) is 5.60 Å². The summed E-state index contributed by atoms with van der Waals surface area (Å²) in [6.45, 7) is 3.16. The summed E-state index contributed by atoms with van der Waals surface area (Å²) in [7, 11) is 0. The molecule has 0 radical (unpaired) electrons. The van der Waals surface area contributed by atoms with Crippen molar-refractivity contribution in [1.29, 1.82) is 0 Å². The van der Waals surface area contributed by atoms with Crippen LogP contribution in [0.1, 0.15) is 59.4 Å². The Morgan fingerprint density at radius 2 is 1.72 bits per heavy atom. The van der Waals surface area contributed by atoms with Gasteiger partial charge in [-0.3, -0.25) is 14.6 Å². The van der Waals surface area contributed by atoms with E-state index >= 15 is 0 Å². The molecule has 6 nitrogen and oxygen atoms in total. The van der Waals surface area contributed by atoms with Crippen LogP contribution in [0, 0.1) is 5.82 Å². The van der Waals surface area contributed by atoms with E-state index in [-0.39, 0.29) is 54.9 Å². The van der Waals surface area contributed by atoms with E-state index in [1.54, 1.807) is 0 Å². The maximum Gasteiger partial charge on any atom is 0.411 e. The maximum absolute atomic E-state index is 15.0. The number of rotatable bonds is 10. The lowest BCUT2D eigenvalue weighted by Crippen LogP contribution is -2.48. The molecule has 0 aliphatic heterocycles. The number of hydrogen-bond donors (Lipinski definition) is 2. The average Bonchev–Trinajstić information content (AvgIpc) is 3.65. The van der Waals surface area contributed by atoms with Gasteiger partial charge in [0.2, 0.25) is 0 Å². The molecule has 0 spiro atoms. The largest absolute Gasteiger partial charge is 0.488 e. The Labute approximate surface area is 223 Å². The third-order valence-electron chi connectivity index (χ3n) is 6.54. The zero-order valence-electron chi connectivity index (χ0n) is 21.4. The molecule has 0 atom stereocenters. The number of ketones is 1. The molecule has 0 unspecified atom stereocenters. The van der Waals surface area contributed by atoms with Crippen LogP contribution in [-0.2, 0) is 29.8 Å². The van der Waals surface area contributed by atoms with Crippen molar-refractivity contribution < 1.29 is 37.0 Å². The monoisotopic (exact) mass is 544 g/mol. The Hall–Kier alpha value is -3.79. The first-order valence-electron chi connectivity index (χ1n) is 12.4. The molecule has 3 aromatic rings. The molecule has 1 fully saturated rings. The van der Waals surface area contributed by atoms with Crippen LogP contribution in [0.4, 0.5) is 17.6 Å². The first kappa shape index (κ1) is 28.2. The van der Waals surface area contributed by atoms with Gasteiger partial charge in [0.25, 0.3) is 5.91 Å². The Kier molecular flexibility index (Phi) is 7.79. The second kappa shape index (κ2) is 10.8. The van der Waals surface area contributed by atoms with Crippen LogP contribution in [0.15, 0.2) is 60.8 Å². The fourth-order valence-corrected chi connectivity index (χ4v) is 4.16. The Morgan fingerprint density at radius 1 is 1.03 bits per heavy atom. The van der Waals surface area contributed by atoms with Crippen molar-refractivity contribution >= 4 is 11.7 Å². The highest BCUT2D eigenvalue weighted by molar-refractivity contribution is 5.93. The summed E-state index contributed by atoms with van der Waals surface area (Å²) >= 11 is 0. The minimum absolute atomic E-state index is 0.0592. The molecule has 1 amide bonds. The van der Waals surface area contributed by atoms with E-state index in [1.807, 2.05) is 35.6 Å². The Balaban J connectivity index is 1.47. The van der Waals surface area contributed by atoms with E-state index in [0.29, 0.717) is 5.56 Å². The van der Waals surface area contributed by atoms with Crippen molar-refractivity contribution in [1.82, 2.24) is 10.3 Å². The number of carbonyl (C=O) groups excluding carboxylic acids is 2. The number of pyridine rings is 1. The second-order valence-corrected chi connectivity index (χ2v) is 10.2. The predicted octanol–water partition coefficient (Wildman–Crippen LogP) is 5.21. The van der Waals surface area contributed by atoms with Gasteiger partial charge in [0.15, 0.2) is 0 Å². The predicted molar refractivity (Wildman–Crippen MR) is 135 cm³/mol. The molecule has 206 valence electrons. The van der Waals surface area contributed by atoms with Gasteiger partial charge < -0.3 is 15.2 Å². The number of nitrogens with zero attached hydrogens (tertiary/aromatic N) is 1. The van der Waals surface area contributed by atoms with Gasteiger partial charge in [-0.05, 0) is 67.6 Å². The van der Waals surface area contributed by atoms with Crippen LogP contribution in [0.5, 0.6) is 5.75 Å². The van der Waals surface area contributed by atoms with Gasteiger partial charge in [-0.2, -0.15) is 13.2 Å². The Bertz CT molecular complexity index is 1360. The second-order valence-electron chi connectivity index (χ2n) is 10.2. The van der Waals surface area contributed by atoms with E-state index in [0.717, 1.165) is 11.6 Å². The SMILES string of the molecule is CC(C)(O)c1cc(F)c(CC(=O)Cc2ccnc(C(=O)NC3(C(F)(F)F)CC3)c2)cc1OCc1ccccc1. The molecule has 1 aliphatic carbocycles. The van der Waals surface area contributed by atoms with Crippen LogP contribution in [0.2, 0.25) is 0 Å². The van der Waals surface area contributed by atoms with Gasteiger partial charge in [0.1, 0.15) is 35.2 Å². The molecule has 0 bridgehead atoms. The fourth-order valence-electron chi connectivity index (χ4n) is 4.16. The lowest BCUT2D eigenvalue weighted by atomic mass is 9.93. The first-order valence-corrected chi connectivity index (χ1v) is 12.4. The summed E-state index contributed by atoms with van der Waals surface area (Å²) in [5.74, 6) is -1.83. The van der Waals surface area contributed by atoms with E-state index in [1.165, 1.54) is 38.2 Å². The fraction of sp³-hybridized carbons (Fsp3) is 0.345. The number of halogens is 4. The highest BCUT2D eigenvalue weighted by Gasteiger charge is 2.64. The highest BCUT2D eigenvalue weighted by Crippen LogP contribution is 2.49. The molecule has 39 heavy (non-hydrogen) atoms. The zero-order chi connectivity index (χ0) is 28.4. The molecule has 1 aromatic heterocycles. The van der Waals surface area contributed by atoms with E-state index in [9.17, 15) is 32.3 Å². The first-order chi connectivity index (χ1) is 18.3. The molecule has 2 N–H and O–H groups in total. The molecule has 1 heterocycles. The van der Waals surface area contributed by atoms with Crippen molar-refractivity contribution in [3.63, 3.8) is 0 Å². The van der Waals surface area contributed by atoms with Crippen LogP contribution >= 0.6 is 0 Å². The van der Waals surface area contributed by atoms with Crippen molar-refractivity contribution in [2.45, 2.75) is 63.5 Å². The number of carbonyl (C=O) groups is 2. The van der Waals surface area contributed by atoms with Crippen molar-refractivity contribution in [2.75, 3.05) is 0 Å². The topological polar surface area (TPSA) is 88.5 Å². The number of amides is 1. The summed E-state index contributed by atoms with van der Waals surface area (Å²) in [4.78, 5) is 29.1. The van der Waals surface area contributed by atoms with Gasteiger partial charge in [-0.25, -0.2) is 4.39 Å². The number of Topliss-reactive ketones (excluding diaryl/α,β-unsaturated/α-hetero) is 1. The van der Waals surface area contributed by atoms with Gasteiger partial charge in [0, 0.05) is 24.6 Å². The summed E-state index contributed by atoms with van der Waals surface area (Å²) < 4.78 is 60.4. The van der Waals surface area contributed by atoms with Gasteiger partial charge >= 0.3 is 6.18 Å². The number of benzene rings is 2. The van der Waals surface area contributed by atoms with Gasteiger partial charge in [-0.15, -0.1) is 0 Å². The van der Waals surface area contributed by atoms with Crippen molar-refractivity contribution in [2.24, 2.45) is 0 Å². The highest BCUT2D eigenvalue weighted by atomic mass is 19.4. The van der Waals surface area contributed by atoms with Crippen LogP contribution in [0.3, 0.4) is 0 Å². The number of alkyl halides is 3. The summed E-state index contributed by atoms with van der Waals surface area (Å²) in [5.41, 5.74) is -2.38. The molecule has 4 rings (SSSR count). The molecule has 1 aliphatic rings. The van der Waals surface area contributed by atoms with E-state index < -0.39 is 34.8 Å². The Morgan fingerprint density at radius 3 is 2.33 bits per heavy atom. The van der Waals surface area contributed by atoms with E-state index in [4.69, 9.17) is 4.74 Å². The molecular weight excluding hydrogens is 516 g/mol. The lowest BCUT2D eigenvalue weighted by Gasteiger charge is -2.23. The van der Waals surface area contributed by atoms with Crippen molar-refractivity contribution in [3.8, 4) is 5.75 Å². The third-order valence-corrected chi connectivity index (χ3v) is 6.54. The lowest BCUT2D eigenvalue weighted by molar-refractivity contribution is -0.163. The quantitative estimate of drug-likeness (QED) is 0.343. The van der Waals surface area contributed by atoms with Crippen LogP contribution in [0.25, 0.3) is 0 Å². The number of nitrogens with one attached hydrogen (secondary N) is 1. The zero-order valence-corrected chi connectivity index (χ0v) is 21.4. The molecule has 0 saturated heterocycles. The van der Waals surface area contributed by atoms with E-state index in [2.05, 4.69) is 4.98 Å². The van der Waals surface area contributed by atoms with Gasteiger partial charge in [-0.1, -0.05) is 30.3 Å². The smallest absolute Gasteiger partial charge is 0.411 e. The summed E-state index contributed by atoms with van der Waals surface area (Å²) in [6, 6.07) is 14.5. The molecule has 2 aromatic carbocycles. The minimum atomic E-state index is -4.56. The number of ether oxygens (including phenoxy) is 1. The molecule has 1 saturated carbocycles. The molecule has 10 heteroatoms. The normalized spacial score (nSPS) is 14.5. The maximum atomic E-state index is 15.0.